The fraction of sp³-hybridized carbons (Fsp3) is 0.875. The van der Waals surface area contributed by atoms with Crippen LogP contribution in [-0.2, 0) is 4.79 Å². The summed E-state index contributed by atoms with van der Waals surface area (Å²) in [6, 6.07) is 0. The van der Waals surface area contributed by atoms with Crippen molar-refractivity contribution < 1.29 is 14.3 Å². The molecule has 2 nitrogen and oxygen atoms in total. The largest absolute Gasteiger partial charge is 0.481 e. The number of hydrogen-bond acceptors (Lipinski definition) is 1. The second kappa shape index (κ2) is 3.69. The minimum Gasteiger partial charge on any atom is -0.481 e. The molecule has 0 aliphatic rings. The molecule has 0 heterocycles. The van der Waals surface area contributed by atoms with Crippen LogP contribution in [-0.4, -0.2) is 16.7 Å². The highest BCUT2D eigenvalue weighted by Crippen LogP contribution is 2.19. The van der Waals surface area contributed by atoms with Crippen LogP contribution < -0.4 is 0 Å². The van der Waals surface area contributed by atoms with Gasteiger partial charge in [0, 0.05) is 0 Å². The summed E-state index contributed by atoms with van der Waals surface area (Å²) in [7, 11) is 0. The molecule has 0 bridgehead atoms. The van der Waals surface area contributed by atoms with Crippen molar-refractivity contribution in [3.05, 3.63) is 0 Å². The van der Waals surface area contributed by atoms with Gasteiger partial charge in [0.1, 0.15) is 5.67 Å². The van der Waals surface area contributed by atoms with Gasteiger partial charge in [0.2, 0.25) is 0 Å². The number of hydrogen-bond donors (Lipinski definition) is 1. The average molecular weight is 162 g/mol. The lowest BCUT2D eigenvalue weighted by atomic mass is 9.98. The summed E-state index contributed by atoms with van der Waals surface area (Å²) >= 11 is 0. The van der Waals surface area contributed by atoms with E-state index in [4.69, 9.17) is 5.11 Å². The highest BCUT2D eigenvalue weighted by atomic mass is 19.1. The zero-order chi connectivity index (χ0) is 9.07. The van der Waals surface area contributed by atoms with Crippen LogP contribution in [0.15, 0.2) is 0 Å². The quantitative estimate of drug-likeness (QED) is 0.688. The van der Waals surface area contributed by atoms with Crippen LogP contribution in [0, 0.1) is 5.92 Å². The Hall–Kier alpha value is -0.600. The highest BCUT2D eigenvalue weighted by Gasteiger charge is 2.19. The minimum absolute atomic E-state index is 0.306. The molecule has 0 saturated heterocycles. The highest BCUT2D eigenvalue weighted by molar-refractivity contribution is 5.69. The van der Waals surface area contributed by atoms with Crippen molar-refractivity contribution >= 4 is 5.97 Å². The lowest BCUT2D eigenvalue weighted by Crippen LogP contribution is -2.17. The molecule has 1 unspecified atom stereocenters. The van der Waals surface area contributed by atoms with E-state index in [1.54, 1.807) is 6.92 Å². The van der Waals surface area contributed by atoms with E-state index in [0.717, 1.165) is 0 Å². The van der Waals surface area contributed by atoms with Crippen LogP contribution in [0.25, 0.3) is 0 Å². The second-order valence-corrected chi connectivity index (χ2v) is 3.50. The van der Waals surface area contributed by atoms with Crippen LogP contribution in [0.2, 0.25) is 0 Å². The Labute approximate surface area is 66.4 Å². The Morgan fingerprint density at radius 2 is 2.09 bits per heavy atom. The summed E-state index contributed by atoms with van der Waals surface area (Å²) < 4.78 is 12.8. The van der Waals surface area contributed by atoms with Crippen molar-refractivity contribution in [1.29, 1.82) is 0 Å². The predicted octanol–water partition coefficient (Wildman–Crippen LogP) is 2.24. The Morgan fingerprint density at radius 1 is 1.64 bits per heavy atom. The SMILES string of the molecule is CC(CCC(C)(C)F)C(=O)O. The van der Waals surface area contributed by atoms with Crippen LogP contribution in [0.3, 0.4) is 0 Å². The Balaban J connectivity index is 3.63. The molecular weight excluding hydrogens is 147 g/mol. The first-order valence-corrected chi connectivity index (χ1v) is 3.74. The molecule has 0 aromatic heterocycles. The van der Waals surface area contributed by atoms with Gasteiger partial charge in [-0.15, -0.1) is 0 Å². The average Bonchev–Trinajstić information content (AvgIpc) is 1.80. The van der Waals surface area contributed by atoms with E-state index in [2.05, 4.69) is 0 Å². The third-order valence-corrected chi connectivity index (χ3v) is 1.59. The second-order valence-electron chi connectivity index (χ2n) is 3.50. The first kappa shape index (κ1) is 10.4. The van der Waals surface area contributed by atoms with Crippen molar-refractivity contribution in [3.63, 3.8) is 0 Å². The smallest absolute Gasteiger partial charge is 0.306 e. The Bertz CT molecular complexity index is 138. The molecule has 0 amide bonds. The van der Waals surface area contributed by atoms with Crippen molar-refractivity contribution in [1.82, 2.24) is 0 Å². The molecule has 0 aromatic carbocycles. The number of halogens is 1. The van der Waals surface area contributed by atoms with E-state index < -0.39 is 17.6 Å². The standard InChI is InChI=1S/C8H15FO2/c1-6(7(10)11)4-5-8(2,3)9/h6H,4-5H2,1-3H3,(H,10,11). The molecular formula is C8H15FO2. The summed E-state index contributed by atoms with van der Waals surface area (Å²) in [5.41, 5.74) is -1.25. The molecule has 0 aromatic rings. The topological polar surface area (TPSA) is 37.3 Å². The zero-order valence-electron chi connectivity index (χ0n) is 7.22. The fourth-order valence-electron chi connectivity index (χ4n) is 0.683. The van der Waals surface area contributed by atoms with Crippen molar-refractivity contribution in [2.24, 2.45) is 5.92 Å². The van der Waals surface area contributed by atoms with Gasteiger partial charge in [-0.25, -0.2) is 4.39 Å². The molecule has 0 radical (unpaired) electrons. The first-order valence-electron chi connectivity index (χ1n) is 3.74. The van der Waals surface area contributed by atoms with Gasteiger partial charge in [-0.3, -0.25) is 4.79 Å². The molecule has 0 fully saturated rings. The van der Waals surface area contributed by atoms with Gasteiger partial charge in [0.05, 0.1) is 5.92 Å². The molecule has 1 atom stereocenters. The van der Waals surface area contributed by atoms with E-state index in [0.29, 0.717) is 12.8 Å². The third-order valence-electron chi connectivity index (χ3n) is 1.59. The normalized spacial score (nSPS) is 14.5. The third kappa shape index (κ3) is 5.83. The zero-order valence-corrected chi connectivity index (χ0v) is 7.22. The van der Waals surface area contributed by atoms with E-state index >= 15 is 0 Å². The number of carboxylic acids is 1. The fourth-order valence-corrected chi connectivity index (χ4v) is 0.683. The lowest BCUT2D eigenvalue weighted by Gasteiger charge is -2.14. The molecule has 0 aliphatic heterocycles. The number of alkyl halides is 1. The lowest BCUT2D eigenvalue weighted by molar-refractivity contribution is -0.141. The van der Waals surface area contributed by atoms with E-state index in [9.17, 15) is 9.18 Å². The molecule has 1 N–H and O–H groups in total. The summed E-state index contributed by atoms with van der Waals surface area (Å²) in [6.45, 7) is 4.51. The molecule has 0 aliphatic carbocycles. The van der Waals surface area contributed by atoms with E-state index in [-0.39, 0.29) is 0 Å². The number of aliphatic carboxylic acids is 1. The van der Waals surface area contributed by atoms with Gasteiger partial charge < -0.3 is 5.11 Å². The van der Waals surface area contributed by atoms with Gasteiger partial charge in [-0.1, -0.05) is 6.92 Å². The number of carboxylic acid groups (broad SMARTS) is 1. The molecule has 11 heavy (non-hydrogen) atoms. The van der Waals surface area contributed by atoms with Crippen LogP contribution in [0.4, 0.5) is 4.39 Å². The first-order chi connectivity index (χ1) is 4.83. The number of carbonyl (C=O) groups is 1. The van der Waals surface area contributed by atoms with Crippen LogP contribution >= 0.6 is 0 Å². The van der Waals surface area contributed by atoms with E-state index in [1.807, 2.05) is 0 Å². The van der Waals surface area contributed by atoms with Gasteiger partial charge in [-0.05, 0) is 26.7 Å². The van der Waals surface area contributed by atoms with Crippen LogP contribution in [0.1, 0.15) is 33.6 Å². The van der Waals surface area contributed by atoms with Crippen molar-refractivity contribution in [2.45, 2.75) is 39.3 Å². The number of rotatable bonds is 4. The van der Waals surface area contributed by atoms with Crippen molar-refractivity contribution in [3.8, 4) is 0 Å². The maximum Gasteiger partial charge on any atom is 0.306 e. The summed E-state index contributed by atoms with van der Waals surface area (Å²) in [6.07, 6.45) is 0.708. The van der Waals surface area contributed by atoms with Gasteiger partial charge in [-0.2, -0.15) is 0 Å². The maximum atomic E-state index is 12.8. The Morgan fingerprint density at radius 3 is 2.36 bits per heavy atom. The van der Waals surface area contributed by atoms with Crippen LogP contribution in [0.5, 0.6) is 0 Å². The minimum atomic E-state index is -1.25. The summed E-state index contributed by atoms with van der Waals surface area (Å²) in [5.74, 6) is -1.29. The molecule has 0 rings (SSSR count). The summed E-state index contributed by atoms with van der Waals surface area (Å²) in [5, 5.41) is 8.46. The van der Waals surface area contributed by atoms with Gasteiger partial charge in [0.15, 0.2) is 0 Å². The molecule has 0 spiro atoms. The molecule has 3 heteroatoms. The van der Waals surface area contributed by atoms with Gasteiger partial charge >= 0.3 is 5.97 Å². The van der Waals surface area contributed by atoms with Crippen molar-refractivity contribution in [2.75, 3.05) is 0 Å². The Kier molecular flexibility index (Phi) is 3.49. The molecule has 0 saturated carbocycles. The maximum absolute atomic E-state index is 12.8. The molecule has 66 valence electrons. The predicted molar refractivity (Wildman–Crippen MR) is 41.2 cm³/mol. The summed E-state index contributed by atoms with van der Waals surface area (Å²) in [4.78, 5) is 10.3. The van der Waals surface area contributed by atoms with E-state index in [1.165, 1.54) is 13.8 Å². The van der Waals surface area contributed by atoms with Gasteiger partial charge in [0.25, 0.3) is 0 Å². The monoisotopic (exact) mass is 162 g/mol.